The molecule has 0 saturated heterocycles. The molecule has 0 saturated carbocycles. The number of ether oxygens (including phenoxy) is 1. The maximum atomic E-state index is 9.25. The second-order valence-corrected chi connectivity index (χ2v) is 3.87. The monoisotopic (exact) mass is 223 g/mol. The zero-order valence-electron chi connectivity index (χ0n) is 10.0. The molecule has 0 fully saturated rings. The quantitative estimate of drug-likeness (QED) is 0.772. The molecule has 0 spiro atoms. The topological polar surface area (TPSA) is 55.5 Å². The van der Waals surface area contributed by atoms with E-state index >= 15 is 0 Å². The lowest BCUT2D eigenvalue weighted by Gasteiger charge is -2.23. The predicted octanol–water partition coefficient (Wildman–Crippen LogP) is 1.73. The summed E-state index contributed by atoms with van der Waals surface area (Å²) >= 11 is 0. The highest BCUT2D eigenvalue weighted by Gasteiger charge is 2.17. The number of hydrogen-bond acceptors (Lipinski definition) is 3. The van der Waals surface area contributed by atoms with Crippen molar-refractivity contribution in [2.45, 2.75) is 38.8 Å². The van der Waals surface area contributed by atoms with E-state index in [-0.39, 0.29) is 18.8 Å². The molecule has 1 aromatic rings. The number of aliphatic hydroxyl groups is 1. The Bertz CT molecular complexity index is 315. The lowest BCUT2D eigenvalue weighted by molar-refractivity contribution is 0.0924. The van der Waals surface area contributed by atoms with Gasteiger partial charge in [-0.25, -0.2) is 0 Å². The smallest absolute Gasteiger partial charge is 0.137 e. The summed E-state index contributed by atoms with van der Waals surface area (Å²) in [7, 11) is 0. The third kappa shape index (κ3) is 3.22. The number of para-hydroxylation sites is 1. The number of nitrogens with two attached hydrogens (primary N) is 1. The summed E-state index contributed by atoms with van der Waals surface area (Å²) in [5, 5.41) is 9.25. The van der Waals surface area contributed by atoms with E-state index in [1.165, 1.54) is 0 Å². The van der Waals surface area contributed by atoms with Crippen LogP contribution in [0.25, 0.3) is 0 Å². The SMILES string of the molecule is CCc1ccccc1OC(CO)C(N)CC. The van der Waals surface area contributed by atoms with E-state index in [9.17, 15) is 5.11 Å². The molecule has 2 atom stereocenters. The van der Waals surface area contributed by atoms with E-state index in [1.54, 1.807) is 0 Å². The molecule has 3 heteroatoms. The molecule has 1 aromatic carbocycles. The molecule has 0 aliphatic heterocycles. The Morgan fingerprint density at radius 3 is 2.56 bits per heavy atom. The van der Waals surface area contributed by atoms with E-state index in [2.05, 4.69) is 6.92 Å². The van der Waals surface area contributed by atoms with E-state index in [0.29, 0.717) is 0 Å². The van der Waals surface area contributed by atoms with Gasteiger partial charge < -0.3 is 15.6 Å². The van der Waals surface area contributed by atoms with Crippen LogP contribution in [0, 0.1) is 0 Å². The van der Waals surface area contributed by atoms with Crippen molar-refractivity contribution in [2.75, 3.05) is 6.61 Å². The fourth-order valence-corrected chi connectivity index (χ4v) is 1.60. The highest BCUT2D eigenvalue weighted by atomic mass is 16.5. The van der Waals surface area contributed by atoms with Gasteiger partial charge in [0.1, 0.15) is 11.9 Å². The van der Waals surface area contributed by atoms with E-state index in [0.717, 1.165) is 24.2 Å². The Kier molecular flexibility index (Phi) is 5.29. The molecule has 0 bridgehead atoms. The fourth-order valence-electron chi connectivity index (χ4n) is 1.60. The molecule has 90 valence electrons. The summed E-state index contributed by atoms with van der Waals surface area (Å²) in [6.45, 7) is 4.02. The predicted molar refractivity (Wildman–Crippen MR) is 65.6 cm³/mol. The van der Waals surface area contributed by atoms with Crippen molar-refractivity contribution in [3.8, 4) is 5.75 Å². The minimum absolute atomic E-state index is 0.0486. The Balaban J connectivity index is 2.77. The highest BCUT2D eigenvalue weighted by molar-refractivity contribution is 5.33. The first-order valence-corrected chi connectivity index (χ1v) is 5.83. The van der Waals surface area contributed by atoms with Crippen LogP contribution in [-0.4, -0.2) is 23.9 Å². The van der Waals surface area contributed by atoms with Crippen molar-refractivity contribution in [1.82, 2.24) is 0 Å². The van der Waals surface area contributed by atoms with Crippen molar-refractivity contribution in [3.05, 3.63) is 29.8 Å². The summed E-state index contributed by atoms with van der Waals surface area (Å²) in [4.78, 5) is 0. The van der Waals surface area contributed by atoms with Gasteiger partial charge >= 0.3 is 0 Å². The number of hydrogen-bond donors (Lipinski definition) is 2. The van der Waals surface area contributed by atoms with E-state index < -0.39 is 0 Å². The molecule has 3 N–H and O–H groups in total. The molecular formula is C13H21NO2. The van der Waals surface area contributed by atoms with Crippen LogP contribution in [0.3, 0.4) is 0 Å². The minimum Gasteiger partial charge on any atom is -0.486 e. The summed E-state index contributed by atoms with van der Waals surface area (Å²) in [5.41, 5.74) is 7.02. The van der Waals surface area contributed by atoms with Gasteiger partial charge in [-0.1, -0.05) is 32.0 Å². The van der Waals surface area contributed by atoms with Crippen LogP contribution in [0.15, 0.2) is 24.3 Å². The lowest BCUT2D eigenvalue weighted by Crippen LogP contribution is -2.41. The van der Waals surface area contributed by atoms with Gasteiger partial charge in [0, 0.05) is 6.04 Å². The molecule has 0 heterocycles. The van der Waals surface area contributed by atoms with Gasteiger partial charge in [-0.15, -0.1) is 0 Å². The van der Waals surface area contributed by atoms with Crippen LogP contribution in [0.1, 0.15) is 25.8 Å². The van der Waals surface area contributed by atoms with Gasteiger partial charge in [-0.05, 0) is 24.5 Å². The largest absolute Gasteiger partial charge is 0.486 e. The van der Waals surface area contributed by atoms with Crippen LogP contribution in [0.5, 0.6) is 5.75 Å². The maximum absolute atomic E-state index is 9.25. The molecule has 0 aromatic heterocycles. The molecule has 3 nitrogen and oxygen atoms in total. The molecular weight excluding hydrogens is 202 g/mol. The second-order valence-electron chi connectivity index (χ2n) is 3.87. The van der Waals surface area contributed by atoms with Crippen LogP contribution in [0.2, 0.25) is 0 Å². The molecule has 1 rings (SSSR count). The first kappa shape index (κ1) is 13.0. The van der Waals surface area contributed by atoms with Crippen molar-refractivity contribution in [2.24, 2.45) is 5.73 Å². The Labute approximate surface area is 97.2 Å². The normalized spacial score (nSPS) is 14.5. The first-order chi connectivity index (χ1) is 7.72. The number of benzene rings is 1. The van der Waals surface area contributed by atoms with Gasteiger partial charge in [0.2, 0.25) is 0 Å². The summed E-state index contributed by atoms with van der Waals surface area (Å²) in [6.07, 6.45) is 1.38. The van der Waals surface area contributed by atoms with Crippen molar-refractivity contribution >= 4 is 0 Å². The standard InChI is InChI=1S/C13H21NO2/c1-3-10-7-5-6-8-12(10)16-13(9-15)11(14)4-2/h5-8,11,13,15H,3-4,9,14H2,1-2H3. The van der Waals surface area contributed by atoms with E-state index in [1.807, 2.05) is 31.2 Å². The molecule has 0 aliphatic carbocycles. The molecule has 0 radical (unpaired) electrons. The summed E-state index contributed by atoms with van der Waals surface area (Å²) in [6, 6.07) is 7.74. The zero-order chi connectivity index (χ0) is 12.0. The zero-order valence-corrected chi connectivity index (χ0v) is 10.0. The van der Waals surface area contributed by atoms with Crippen molar-refractivity contribution in [1.29, 1.82) is 0 Å². The van der Waals surface area contributed by atoms with Gasteiger partial charge in [0.25, 0.3) is 0 Å². The van der Waals surface area contributed by atoms with Gasteiger partial charge in [0.15, 0.2) is 0 Å². The average Bonchev–Trinajstić information content (AvgIpc) is 2.35. The Morgan fingerprint density at radius 2 is 2.00 bits per heavy atom. The first-order valence-electron chi connectivity index (χ1n) is 5.83. The Morgan fingerprint density at radius 1 is 1.31 bits per heavy atom. The number of rotatable bonds is 6. The third-order valence-corrected chi connectivity index (χ3v) is 2.76. The molecule has 16 heavy (non-hydrogen) atoms. The number of aliphatic hydroxyl groups excluding tert-OH is 1. The maximum Gasteiger partial charge on any atom is 0.137 e. The summed E-state index contributed by atoms with van der Waals surface area (Å²) in [5.74, 6) is 0.827. The lowest BCUT2D eigenvalue weighted by atomic mass is 10.1. The van der Waals surface area contributed by atoms with Crippen LogP contribution < -0.4 is 10.5 Å². The number of aryl methyl sites for hydroxylation is 1. The minimum atomic E-state index is -0.322. The van der Waals surface area contributed by atoms with Crippen LogP contribution in [0.4, 0.5) is 0 Å². The van der Waals surface area contributed by atoms with Gasteiger partial charge in [-0.2, -0.15) is 0 Å². The van der Waals surface area contributed by atoms with Gasteiger partial charge in [0.05, 0.1) is 6.61 Å². The third-order valence-electron chi connectivity index (χ3n) is 2.76. The van der Waals surface area contributed by atoms with Crippen molar-refractivity contribution in [3.63, 3.8) is 0 Å². The van der Waals surface area contributed by atoms with E-state index in [4.69, 9.17) is 10.5 Å². The van der Waals surface area contributed by atoms with Gasteiger partial charge in [-0.3, -0.25) is 0 Å². The average molecular weight is 223 g/mol. The van der Waals surface area contributed by atoms with Crippen LogP contribution >= 0.6 is 0 Å². The van der Waals surface area contributed by atoms with Crippen LogP contribution in [-0.2, 0) is 6.42 Å². The fraction of sp³-hybridized carbons (Fsp3) is 0.538. The molecule has 2 unspecified atom stereocenters. The van der Waals surface area contributed by atoms with Crippen molar-refractivity contribution < 1.29 is 9.84 Å². The highest BCUT2D eigenvalue weighted by Crippen LogP contribution is 2.20. The summed E-state index contributed by atoms with van der Waals surface area (Å²) < 4.78 is 5.76. The Hall–Kier alpha value is -1.06. The molecule has 0 amide bonds. The second kappa shape index (κ2) is 6.51. The molecule has 0 aliphatic rings.